The minimum absolute atomic E-state index is 0.208. The lowest BCUT2D eigenvalue weighted by molar-refractivity contribution is -0.143. The van der Waals surface area contributed by atoms with Gasteiger partial charge in [-0.15, -0.1) is 0 Å². The Labute approximate surface area is 210 Å². The molecule has 2 aliphatic heterocycles. The van der Waals surface area contributed by atoms with Crippen molar-refractivity contribution in [3.63, 3.8) is 0 Å². The second kappa shape index (κ2) is 9.93. The molecule has 0 radical (unpaired) electrons. The molecule has 2 saturated heterocycles. The van der Waals surface area contributed by atoms with Crippen molar-refractivity contribution in [2.24, 2.45) is 0 Å². The van der Waals surface area contributed by atoms with E-state index in [1.165, 1.54) is 16.8 Å². The number of nitrogens with one attached hydrogen (secondary N) is 1. The largest absolute Gasteiger partial charge is 0.444 e. The third-order valence-corrected chi connectivity index (χ3v) is 6.68. The highest BCUT2D eigenvalue weighted by Crippen LogP contribution is 2.31. The predicted octanol–water partition coefficient (Wildman–Crippen LogP) is 2.76. The first-order valence-electron chi connectivity index (χ1n) is 12.3. The summed E-state index contributed by atoms with van der Waals surface area (Å²) in [4.78, 5) is 55.1. The van der Waals surface area contributed by atoms with Gasteiger partial charge in [0.2, 0.25) is 11.8 Å². The molecule has 1 N–H and O–H groups in total. The van der Waals surface area contributed by atoms with E-state index in [-0.39, 0.29) is 24.8 Å². The van der Waals surface area contributed by atoms with Gasteiger partial charge >= 0.3 is 6.09 Å². The summed E-state index contributed by atoms with van der Waals surface area (Å²) in [7, 11) is 1.48. The van der Waals surface area contributed by atoms with Crippen LogP contribution in [0.1, 0.15) is 51.8 Å². The van der Waals surface area contributed by atoms with Gasteiger partial charge in [-0.1, -0.05) is 18.2 Å². The lowest BCUT2D eigenvalue weighted by atomic mass is 10.1. The fourth-order valence-corrected chi connectivity index (χ4v) is 4.64. The molecule has 0 bridgehead atoms. The molecule has 2 fully saturated rings. The van der Waals surface area contributed by atoms with Crippen molar-refractivity contribution in [3.05, 3.63) is 36.5 Å². The highest BCUT2D eigenvalue weighted by Gasteiger charge is 2.46. The standard InChI is InChI=1S/C26H34N4O6/c1-16(28(5)25(34)36-26(2,3)4)22(31)27-18-13-15-35-21-11-10-20(30(21)23(18)32)24(33)29-14-12-17-8-6-7-9-19(17)29/h6-9,12,14,16,18,20-21H,10-11,13,15H2,1-5H3,(H,27,31)/t16-,18-,20+,21-/m0/s1. The molecule has 1 aromatic carbocycles. The third kappa shape index (κ3) is 5.09. The predicted molar refractivity (Wildman–Crippen MR) is 132 cm³/mol. The Morgan fingerprint density at radius 3 is 2.58 bits per heavy atom. The lowest BCUT2D eigenvalue weighted by Gasteiger charge is -2.31. The number of ether oxygens (including phenoxy) is 2. The molecule has 1 aromatic heterocycles. The van der Waals surface area contributed by atoms with Crippen LogP contribution in [0.25, 0.3) is 10.9 Å². The van der Waals surface area contributed by atoms with Crippen LogP contribution in [0.15, 0.2) is 36.5 Å². The van der Waals surface area contributed by atoms with Gasteiger partial charge in [-0.25, -0.2) is 4.79 Å². The number of para-hydroxylation sites is 1. The van der Waals surface area contributed by atoms with Crippen molar-refractivity contribution in [1.29, 1.82) is 0 Å². The average molecular weight is 499 g/mol. The molecule has 0 saturated carbocycles. The normalized spacial score (nSPS) is 23.1. The number of hydrogen-bond donors (Lipinski definition) is 1. The summed E-state index contributed by atoms with van der Waals surface area (Å²) in [5.74, 6) is -1.05. The van der Waals surface area contributed by atoms with Crippen LogP contribution in [0.2, 0.25) is 0 Å². The summed E-state index contributed by atoms with van der Waals surface area (Å²) < 4.78 is 12.8. The number of nitrogens with zero attached hydrogens (tertiary/aromatic N) is 3. The number of aromatic nitrogens is 1. The summed E-state index contributed by atoms with van der Waals surface area (Å²) in [5.41, 5.74) is 0.0750. The van der Waals surface area contributed by atoms with Gasteiger partial charge in [0.25, 0.3) is 5.91 Å². The number of benzene rings is 1. The van der Waals surface area contributed by atoms with Gasteiger partial charge in [0.1, 0.15) is 30.0 Å². The Kier molecular flexibility index (Phi) is 7.08. The van der Waals surface area contributed by atoms with Gasteiger partial charge in [-0.3, -0.25) is 23.9 Å². The van der Waals surface area contributed by atoms with E-state index in [4.69, 9.17) is 9.47 Å². The Bertz CT molecular complexity index is 1170. The quantitative estimate of drug-likeness (QED) is 0.694. The van der Waals surface area contributed by atoms with Gasteiger partial charge in [0, 0.05) is 25.1 Å². The molecule has 4 rings (SSSR count). The van der Waals surface area contributed by atoms with E-state index in [2.05, 4.69) is 5.32 Å². The summed E-state index contributed by atoms with van der Waals surface area (Å²) in [5, 5.41) is 3.70. The number of rotatable bonds is 4. The molecule has 10 heteroatoms. The fraction of sp³-hybridized carbons (Fsp3) is 0.538. The maximum atomic E-state index is 13.6. The van der Waals surface area contributed by atoms with Crippen molar-refractivity contribution in [3.8, 4) is 0 Å². The molecule has 2 aromatic rings. The number of carbonyl (C=O) groups is 4. The molecule has 3 amide bonds. The second-order valence-corrected chi connectivity index (χ2v) is 10.4. The van der Waals surface area contributed by atoms with Crippen LogP contribution in [-0.2, 0) is 19.1 Å². The van der Waals surface area contributed by atoms with Crippen molar-refractivity contribution < 1.29 is 28.7 Å². The number of carbonyl (C=O) groups excluding carboxylic acids is 4. The Morgan fingerprint density at radius 2 is 1.86 bits per heavy atom. The van der Waals surface area contributed by atoms with Gasteiger partial charge in [0.15, 0.2) is 0 Å². The van der Waals surface area contributed by atoms with Gasteiger partial charge in [-0.05, 0) is 52.7 Å². The SMILES string of the molecule is C[C@@H](C(=O)N[C@H]1CCO[C@H]2CC[C@H](C(=O)n3ccc4ccccc43)N2C1=O)N(C)C(=O)OC(C)(C)C. The van der Waals surface area contributed by atoms with Gasteiger partial charge in [-0.2, -0.15) is 0 Å². The highest BCUT2D eigenvalue weighted by atomic mass is 16.6. The van der Waals surface area contributed by atoms with E-state index in [9.17, 15) is 19.2 Å². The number of amides is 3. The highest BCUT2D eigenvalue weighted by molar-refractivity contribution is 5.98. The molecule has 0 unspecified atom stereocenters. The Balaban J connectivity index is 1.48. The minimum atomic E-state index is -0.869. The molecule has 0 aliphatic carbocycles. The maximum Gasteiger partial charge on any atom is 0.410 e. The topological polar surface area (TPSA) is 110 Å². The molecular formula is C26H34N4O6. The van der Waals surface area contributed by atoms with Crippen LogP contribution in [0.3, 0.4) is 0 Å². The van der Waals surface area contributed by atoms with Crippen LogP contribution in [0, 0.1) is 0 Å². The number of likely N-dealkylation sites (N-methyl/N-ethyl adjacent to an activating group) is 1. The van der Waals surface area contributed by atoms with E-state index in [1.54, 1.807) is 38.5 Å². The lowest BCUT2D eigenvalue weighted by Crippen LogP contribution is -2.56. The van der Waals surface area contributed by atoms with Crippen molar-refractivity contribution in [2.45, 2.75) is 76.9 Å². The van der Waals surface area contributed by atoms with E-state index < -0.39 is 42.0 Å². The van der Waals surface area contributed by atoms with E-state index in [0.717, 1.165) is 10.9 Å². The Morgan fingerprint density at radius 1 is 1.14 bits per heavy atom. The van der Waals surface area contributed by atoms with Gasteiger partial charge < -0.3 is 19.7 Å². The maximum absolute atomic E-state index is 13.6. The molecule has 36 heavy (non-hydrogen) atoms. The first kappa shape index (κ1) is 25.7. The summed E-state index contributed by atoms with van der Waals surface area (Å²) in [6.45, 7) is 7.07. The first-order chi connectivity index (χ1) is 17.0. The van der Waals surface area contributed by atoms with Crippen LogP contribution in [0.4, 0.5) is 4.79 Å². The zero-order chi connectivity index (χ0) is 26.2. The van der Waals surface area contributed by atoms with Crippen LogP contribution >= 0.6 is 0 Å². The van der Waals surface area contributed by atoms with Crippen molar-refractivity contribution in [1.82, 2.24) is 19.7 Å². The summed E-state index contributed by atoms with van der Waals surface area (Å²) in [6, 6.07) is 7.00. The summed E-state index contributed by atoms with van der Waals surface area (Å²) >= 11 is 0. The van der Waals surface area contributed by atoms with E-state index in [1.807, 2.05) is 30.3 Å². The van der Waals surface area contributed by atoms with Crippen molar-refractivity contribution in [2.75, 3.05) is 13.7 Å². The van der Waals surface area contributed by atoms with E-state index >= 15 is 0 Å². The van der Waals surface area contributed by atoms with Crippen LogP contribution in [0.5, 0.6) is 0 Å². The molecule has 2 aliphatic rings. The summed E-state index contributed by atoms with van der Waals surface area (Å²) in [6.07, 6.45) is 1.85. The van der Waals surface area contributed by atoms with Gasteiger partial charge in [0.05, 0.1) is 12.1 Å². The molecule has 10 nitrogen and oxygen atoms in total. The van der Waals surface area contributed by atoms with Crippen molar-refractivity contribution >= 4 is 34.7 Å². The zero-order valence-electron chi connectivity index (χ0n) is 21.4. The molecule has 194 valence electrons. The van der Waals surface area contributed by atoms with Crippen LogP contribution < -0.4 is 5.32 Å². The number of fused-ring (bicyclic) bond motifs is 2. The molecule has 3 heterocycles. The van der Waals surface area contributed by atoms with E-state index in [0.29, 0.717) is 12.8 Å². The zero-order valence-corrected chi connectivity index (χ0v) is 21.4. The number of hydrogen-bond acceptors (Lipinski definition) is 6. The monoisotopic (exact) mass is 498 g/mol. The fourth-order valence-electron chi connectivity index (χ4n) is 4.64. The smallest absolute Gasteiger partial charge is 0.410 e. The first-order valence-corrected chi connectivity index (χ1v) is 12.3. The second-order valence-electron chi connectivity index (χ2n) is 10.4. The van der Waals surface area contributed by atoms with Crippen LogP contribution in [-0.4, -0.2) is 81.8 Å². The molecular weight excluding hydrogens is 464 g/mol. The molecule has 4 atom stereocenters. The Hall–Kier alpha value is -3.40. The third-order valence-electron chi connectivity index (χ3n) is 6.68. The minimum Gasteiger partial charge on any atom is -0.444 e. The average Bonchev–Trinajstić information content (AvgIpc) is 3.41. The molecule has 0 spiro atoms.